The highest BCUT2D eigenvalue weighted by atomic mass is 35.5. The van der Waals surface area contributed by atoms with E-state index in [-0.39, 0.29) is 6.10 Å². The van der Waals surface area contributed by atoms with Crippen molar-refractivity contribution in [2.24, 2.45) is 0 Å². The number of nitrogens with two attached hydrogens (primary N) is 1. The second-order valence-electron chi connectivity index (χ2n) is 7.57. The van der Waals surface area contributed by atoms with E-state index in [2.05, 4.69) is 23.3 Å². The highest BCUT2D eigenvalue weighted by molar-refractivity contribution is 6.38. The molecule has 1 aromatic carbocycles. The Balaban J connectivity index is 1.46. The number of aryl methyl sites for hydroxylation is 1. The SMILES string of the molecule is CC(CCc1ccccn1)OCCCCCCNCC(O)c1cc(Cl)c(N)c(Cl)c1. The van der Waals surface area contributed by atoms with E-state index in [0.717, 1.165) is 57.4 Å². The number of ether oxygens (including phenoxy) is 1. The molecule has 2 unspecified atom stereocenters. The smallest absolute Gasteiger partial charge is 0.0915 e. The number of pyridine rings is 1. The summed E-state index contributed by atoms with van der Waals surface area (Å²) in [7, 11) is 0. The van der Waals surface area contributed by atoms with Gasteiger partial charge in [0.2, 0.25) is 0 Å². The van der Waals surface area contributed by atoms with Gasteiger partial charge in [0.1, 0.15) is 0 Å². The van der Waals surface area contributed by atoms with E-state index in [1.54, 1.807) is 12.1 Å². The van der Waals surface area contributed by atoms with Gasteiger partial charge in [0.25, 0.3) is 0 Å². The van der Waals surface area contributed by atoms with E-state index >= 15 is 0 Å². The van der Waals surface area contributed by atoms with Gasteiger partial charge in [-0.05, 0) is 69.0 Å². The summed E-state index contributed by atoms with van der Waals surface area (Å²) >= 11 is 12.0. The molecule has 30 heavy (non-hydrogen) atoms. The van der Waals surface area contributed by atoms with Crippen LogP contribution in [0.4, 0.5) is 5.69 Å². The monoisotopic (exact) mass is 453 g/mol. The Hall–Kier alpha value is -1.37. The Labute approximate surface area is 189 Å². The zero-order valence-electron chi connectivity index (χ0n) is 17.6. The molecule has 0 bridgehead atoms. The Morgan fingerprint density at radius 2 is 1.87 bits per heavy atom. The van der Waals surface area contributed by atoms with E-state index in [9.17, 15) is 5.11 Å². The predicted molar refractivity (Wildman–Crippen MR) is 125 cm³/mol. The molecule has 0 amide bonds. The second kappa shape index (κ2) is 13.8. The number of nitrogens with zero attached hydrogens (tertiary/aromatic N) is 1. The van der Waals surface area contributed by atoms with Crippen molar-refractivity contribution in [1.82, 2.24) is 10.3 Å². The van der Waals surface area contributed by atoms with Crippen LogP contribution in [0.3, 0.4) is 0 Å². The van der Waals surface area contributed by atoms with Gasteiger partial charge in [0, 0.05) is 25.0 Å². The number of unbranched alkanes of at least 4 members (excludes halogenated alkanes) is 3. The van der Waals surface area contributed by atoms with Crippen molar-refractivity contribution in [2.75, 3.05) is 25.4 Å². The highest BCUT2D eigenvalue weighted by Gasteiger charge is 2.12. The Morgan fingerprint density at radius 1 is 1.13 bits per heavy atom. The first kappa shape index (κ1) is 24.9. The summed E-state index contributed by atoms with van der Waals surface area (Å²) in [6.07, 6.45) is 7.77. The molecule has 2 rings (SSSR count). The molecule has 0 aliphatic heterocycles. The normalized spacial score (nSPS) is 13.3. The molecule has 0 fully saturated rings. The largest absolute Gasteiger partial charge is 0.396 e. The van der Waals surface area contributed by atoms with E-state index in [1.807, 2.05) is 18.3 Å². The van der Waals surface area contributed by atoms with Gasteiger partial charge in [-0.2, -0.15) is 0 Å². The molecule has 0 radical (unpaired) electrons. The molecule has 7 heteroatoms. The molecule has 0 aliphatic carbocycles. The third-order valence-corrected chi connectivity index (χ3v) is 5.63. The van der Waals surface area contributed by atoms with Crippen LogP contribution in [0.25, 0.3) is 0 Å². The number of nitrogens with one attached hydrogen (secondary N) is 1. The number of halogens is 2. The maximum atomic E-state index is 10.3. The van der Waals surface area contributed by atoms with E-state index in [4.69, 9.17) is 33.7 Å². The number of hydrogen-bond acceptors (Lipinski definition) is 5. The summed E-state index contributed by atoms with van der Waals surface area (Å²) in [4.78, 5) is 4.34. The molecule has 0 aliphatic rings. The van der Waals surface area contributed by atoms with Crippen molar-refractivity contribution < 1.29 is 9.84 Å². The van der Waals surface area contributed by atoms with Gasteiger partial charge in [-0.25, -0.2) is 0 Å². The Bertz CT molecular complexity index is 723. The first-order valence-corrected chi connectivity index (χ1v) is 11.4. The number of aliphatic hydroxyl groups is 1. The number of hydrogen-bond donors (Lipinski definition) is 3. The van der Waals surface area contributed by atoms with Crippen LogP contribution < -0.4 is 11.1 Å². The highest BCUT2D eigenvalue weighted by Crippen LogP contribution is 2.31. The number of nitrogen functional groups attached to an aromatic ring is 1. The van der Waals surface area contributed by atoms with Crippen molar-refractivity contribution >= 4 is 28.9 Å². The van der Waals surface area contributed by atoms with Crippen LogP contribution in [0, 0.1) is 0 Å². The third-order valence-electron chi connectivity index (χ3n) is 5.01. The van der Waals surface area contributed by atoms with Crippen molar-refractivity contribution in [1.29, 1.82) is 0 Å². The number of anilines is 1. The molecule has 5 nitrogen and oxygen atoms in total. The lowest BCUT2D eigenvalue weighted by atomic mass is 10.1. The third kappa shape index (κ3) is 9.19. The van der Waals surface area contributed by atoms with Gasteiger partial charge in [-0.1, -0.05) is 42.1 Å². The van der Waals surface area contributed by atoms with Crippen molar-refractivity contribution in [2.45, 2.75) is 57.7 Å². The molecule has 0 saturated heterocycles. The Morgan fingerprint density at radius 3 is 2.57 bits per heavy atom. The second-order valence-corrected chi connectivity index (χ2v) is 8.39. The lowest BCUT2D eigenvalue weighted by Crippen LogP contribution is -2.22. The van der Waals surface area contributed by atoms with Crippen molar-refractivity contribution in [3.05, 3.63) is 57.8 Å². The maximum absolute atomic E-state index is 10.3. The number of aliphatic hydroxyl groups excluding tert-OH is 1. The lowest BCUT2D eigenvalue weighted by Gasteiger charge is -2.14. The zero-order chi connectivity index (χ0) is 21.8. The minimum atomic E-state index is -0.665. The van der Waals surface area contributed by atoms with Gasteiger partial charge >= 0.3 is 0 Å². The van der Waals surface area contributed by atoms with Crippen LogP contribution in [0.1, 0.15) is 56.4 Å². The fourth-order valence-corrected chi connectivity index (χ4v) is 3.63. The van der Waals surface area contributed by atoms with Gasteiger partial charge < -0.3 is 20.9 Å². The molecular weight excluding hydrogens is 421 g/mol. The molecule has 0 spiro atoms. The van der Waals surface area contributed by atoms with Crippen molar-refractivity contribution in [3.63, 3.8) is 0 Å². The fourth-order valence-electron chi connectivity index (χ4n) is 3.12. The first-order valence-electron chi connectivity index (χ1n) is 10.6. The molecule has 0 saturated carbocycles. The van der Waals surface area contributed by atoms with E-state index in [0.29, 0.717) is 27.8 Å². The average molecular weight is 454 g/mol. The topological polar surface area (TPSA) is 80.4 Å². The standard InChI is InChI=1S/C23H33Cl2N3O2/c1-17(9-10-19-8-4-6-12-28-19)30-13-7-3-2-5-11-27-16-22(29)18-14-20(24)23(26)21(25)15-18/h4,6,8,12,14-15,17,22,27,29H,2-3,5,7,9-11,13,16,26H2,1H3. The molecular formula is C23H33Cl2N3O2. The van der Waals surface area contributed by atoms with Crippen LogP contribution in [0.5, 0.6) is 0 Å². The van der Waals surface area contributed by atoms with Gasteiger partial charge in [0.15, 0.2) is 0 Å². The summed E-state index contributed by atoms with van der Waals surface area (Å²) < 4.78 is 5.89. The minimum absolute atomic E-state index is 0.255. The quantitative estimate of drug-likeness (QED) is 0.270. The summed E-state index contributed by atoms with van der Waals surface area (Å²) in [6.45, 7) is 4.23. The average Bonchev–Trinajstić information content (AvgIpc) is 2.75. The lowest BCUT2D eigenvalue weighted by molar-refractivity contribution is 0.0575. The van der Waals surface area contributed by atoms with Crippen LogP contribution in [0.2, 0.25) is 10.0 Å². The molecule has 1 heterocycles. The fraction of sp³-hybridized carbons (Fsp3) is 0.522. The summed E-state index contributed by atoms with van der Waals surface area (Å²) in [6, 6.07) is 9.33. The molecule has 2 aromatic rings. The van der Waals surface area contributed by atoms with Crippen LogP contribution in [0.15, 0.2) is 36.5 Å². The van der Waals surface area contributed by atoms with Crippen LogP contribution in [-0.4, -0.2) is 35.9 Å². The number of benzene rings is 1. The molecule has 4 N–H and O–H groups in total. The summed E-state index contributed by atoms with van der Waals surface area (Å²) in [5, 5.41) is 14.3. The molecule has 1 aromatic heterocycles. The molecule has 166 valence electrons. The number of rotatable bonds is 14. The first-order chi connectivity index (χ1) is 14.5. The summed E-state index contributed by atoms with van der Waals surface area (Å²) in [5.74, 6) is 0. The molecule has 2 atom stereocenters. The minimum Gasteiger partial charge on any atom is -0.396 e. The van der Waals surface area contributed by atoms with Gasteiger partial charge in [-0.3, -0.25) is 4.98 Å². The van der Waals surface area contributed by atoms with Crippen molar-refractivity contribution in [3.8, 4) is 0 Å². The summed E-state index contributed by atoms with van der Waals surface area (Å²) in [5.41, 5.74) is 7.85. The number of aromatic nitrogens is 1. The zero-order valence-corrected chi connectivity index (χ0v) is 19.1. The van der Waals surface area contributed by atoms with Gasteiger partial charge in [-0.15, -0.1) is 0 Å². The Kier molecular flexibility index (Phi) is 11.5. The van der Waals surface area contributed by atoms with Crippen LogP contribution in [-0.2, 0) is 11.2 Å². The van der Waals surface area contributed by atoms with Gasteiger partial charge in [0.05, 0.1) is 27.9 Å². The van der Waals surface area contributed by atoms with E-state index in [1.165, 1.54) is 0 Å². The predicted octanol–water partition coefficient (Wildman–Crippen LogP) is 5.19. The van der Waals surface area contributed by atoms with Crippen LogP contribution >= 0.6 is 23.2 Å². The maximum Gasteiger partial charge on any atom is 0.0915 e. The van der Waals surface area contributed by atoms with E-state index < -0.39 is 6.10 Å².